The van der Waals surface area contributed by atoms with Gasteiger partial charge in [0.25, 0.3) is 11.8 Å². The smallest absolute Gasteiger partial charge is 0.265 e. The van der Waals surface area contributed by atoms with E-state index in [0.717, 1.165) is 5.56 Å². The first-order chi connectivity index (χ1) is 18.6. The zero-order valence-electron chi connectivity index (χ0n) is 22.2. The van der Waals surface area contributed by atoms with Crippen LogP contribution in [0.4, 0.5) is 5.69 Å². The van der Waals surface area contributed by atoms with Crippen LogP contribution in [0.1, 0.15) is 25.0 Å². The molecular formula is C29H33N3O6S. The molecule has 0 unspecified atom stereocenters. The van der Waals surface area contributed by atoms with E-state index in [1.54, 1.807) is 45.0 Å². The Bertz CT molecular complexity index is 1430. The highest BCUT2D eigenvalue weighted by atomic mass is 32.2. The molecule has 9 nitrogen and oxygen atoms in total. The number of carbonyl (C=O) groups excluding carboxylic acids is 2. The molecule has 0 aromatic heterocycles. The number of benzene rings is 3. The molecule has 2 amide bonds. The number of fused-ring (bicyclic) bond motifs is 1. The van der Waals surface area contributed by atoms with Crippen LogP contribution < -0.4 is 24.4 Å². The van der Waals surface area contributed by atoms with Gasteiger partial charge in [0.05, 0.1) is 17.1 Å². The highest BCUT2D eigenvalue weighted by Crippen LogP contribution is 2.33. The number of aryl methyl sites for hydroxylation is 1. The van der Waals surface area contributed by atoms with Gasteiger partial charge in [-0.15, -0.1) is 0 Å². The van der Waals surface area contributed by atoms with Crippen molar-refractivity contribution in [3.05, 3.63) is 83.9 Å². The maximum atomic E-state index is 13.3. The van der Waals surface area contributed by atoms with Gasteiger partial charge in [-0.25, -0.2) is 13.1 Å². The molecule has 3 aromatic rings. The molecule has 0 saturated carbocycles. The van der Waals surface area contributed by atoms with Crippen LogP contribution in [0.2, 0.25) is 0 Å². The van der Waals surface area contributed by atoms with Crippen molar-refractivity contribution in [3.8, 4) is 11.5 Å². The normalized spacial score (nSPS) is 14.9. The quantitative estimate of drug-likeness (QED) is 0.400. The Hall–Kier alpha value is -3.89. The van der Waals surface area contributed by atoms with E-state index in [9.17, 15) is 18.0 Å². The Morgan fingerprint density at radius 3 is 2.49 bits per heavy atom. The predicted molar refractivity (Wildman–Crippen MR) is 148 cm³/mol. The first-order valence-electron chi connectivity index (χ1n) is 12.8. The van der Waals surface area contributed by atoms with Crippen molar-refractivity contribution in [2.45, 2.75) is 44.2 Å². The predicted octanol–water partition coefficient (Wildman–Crippen LogP) is 3.21. The molecule has 10 heteroatoms. The number of carbonyl (C=O) groups is 2. The van der Waals surface area contributed by atoms with Crippen molar-refractivity contribution in [2.75, 3.05) is 24.6 Å². The van der Waals surface area contributed by atoms with E-state index in [0.29, 0.717) is 35.7 Å². The maximum Gasteiger partial charge on any atom is 0.265 e. The molecule has 1 aliphatic rings. The fourth-order valence-corrected chi connectivity index (χ4v) is 5.58. The summed E-state index contributed by atoms with van der Waals surface area (Å²) >= 11 is 0. The second-order valence-electron chi connectivity index (χ2n) is 9.60. The van der Waals surface area contributed by atoms with Crippen LogP contribution >= 0.6 is 0 Å². The van der Waals surface area contributed by atoms with E-state index in [-0.39, 0.29) is 35.9 Å². The van der Waals surface area contributed by atoms with Gasteiger partial charge in [0.15, 0.2) is 12.7 Å². The lowest BCUT2D eigenvalue weighted by atomic mass is 10.1. The molecule has 0 radical (unpaired) electrons. The van der Waals surface area contributed by atoms with Gasteiger partial charge >= 0.3 is 0 Å². The number of amides is 2. The molecule has 0 saturated heterocycles. The van der Waals surface area contributed by atoms with E-state index in [4.69, 9.17) is 9.47 Å². The van der Waals surface area contributed by atoms with E-state index in [1.807, 2.05) is 30.3 Å². The first-order valence-corrected chi connectivity index (χ1v) is 14.3. The molecule has 1 heterocycles. The number of para-hydroxylation sites is 2. The number of hydrogen-bond acceptors (Lipinski definition) is 6. The average molecular weight is 552 g/mol. The van der Waals surface area contributed by atoms with Crippen molar-refractivity contribution in [1.82, 2.24) is 10.0 Å². The van der Waals surface area contributed by atoms with Crippen molar-refractivity contribution in [3.63, 3.8) is 0 Å². The van der Waals surface area contributed by atoms with E-state index in [2.05, 4.69) is 10.0 Å². The Morgan fingerprint density at radius 2 is 1.77 bits per heavy atom. The molecule has 1 atom stereocenters. The monoisotopic (exact) mass is 551 g/mol. The summed E-state index contributed by atoms with van der Waals surface area (Å²) in [5.41, 5.74) is 2.24. The van der Waals surface area contributed by atoms with Crippen LogP contribution in [0.15, 0.2) is 77.7 Å². The van der Waals surface area contributed by atoms with Gasteiger partial charge in [0.2, 0.25) is 10.0 Å². The second-order valence-corrected chi connectivity index (χ2v) is 11.3. The van der Waals surface area contributed by atoms with Gasteiger partial charge in [0, 0.05) is 12.6 Å². The summed E-state index contributed by atoms with van der Waals surface area (Å²) in [6.45, 7) is 5.39. The number of rotatable bonds is 10. The fourth-order valence-electron chi connectivity index (χ4n) is 4.24. The standard InChI is InChI=1S/C29H33N3O6S/c1-20(2)31-39(35,36)23-13-14-25(21(3)17-23)37-19-28(33)32-18-27(38-26-12-8-7-11-24(26)32)29(34)30-16-15-22-9-5-4-6-10-22/h4-14,17,20,27,31H,15-16,18-19H2,1-3H3,(H,30,34)/t27-/m0/s1. The van der Waals surface area contributed by atoms with Crippen LogP contribution in [0.5, 0.6) is 11.5 Å². The lowest BCUT2D eigenvalue weighted by Gasteiger charge is -2.34. The number of nitrogens with one attached hydrogen (secondary N) is 2. The summed E-state index contributed by atoms with van der Waals surface area (Å²) in [6.07, 6.45) is -0.196. The van der Waals surface area contributed by atoms with Gasteiger partial charge in [0.1, 0.15) is 11.5 Å². The summed E-state index contributed by atoms with van der Waals surface area (Å²) in [6, 6.07) is 21.1. The Morgan fingerprint density at radius 1 is 1.05 bits per heavy atom. The van der Waals surface area contributed by atoms with Crippen LogP contribution in [0, 0.1) is 6.92 Å². The van der Waals surface area contributed by atoms with E-state index < -0.39 is 16.1 Å². The number of ether oxygens (including phenoxy) is 2. The molecule has 2 N–H and O–H groups in total. The lowest BCUT2D eigenvalue weighted by molar-refractivity contribution is -0.128. The summed E-state index contributed by atoms with van der Waals surface area (Å²) < 4.78 is 39.2. The molecular weight excluding hydrogens is 518 g/mol. The van der Waals surface area contributed by atoms with Gasteiger partial charge in [-0.1, -0.05) is 42.5 Å². The highest BCUT2D eigenvalue weighted by Gasteiger charge is 2.34. The molecule has 3 aromatic carbocycles. The molecule has 0 bridgehead atoms. The minimum absolute atomic E-state index is 0.0351. The number of sulfonamides is 1. The number of hydrogen-bond donors (Lipinski definition) is 2. The molecule has 0 aliphatic carbocycles. The molecule has 0 fully saturated rings. The van der Waals surface area contributed by atoms with Gasteiger partial charge in [-0.2, -0.15) is 0 Å². The van der Waals surface area contributed by atoms with Gasteiger partial charge in [-0.05, 0) is 68.7 Å². The zero-order valence-corrected chi connectivity index (χ0v) is 23.0. The van der Waals surface area contributed by atoms with Crippen molar-refractivity contribution >= 4 is 27.5 Å². The molecule has 206 valence electrons. The second kappa shape index (κ2) is 12.3. The summed E-state index contributed by atoms with van der Waals surface area (Å²) in [7, 11) is -3.65. The summed E-state index contributed by atoms with van der Waals surface area (Å²) in [5, 5.41) is 2.90. The van der Waals surface area contributed by atoms with Crippen molar-refractivity contribution in [1.29, 1.82) is 0 Å². The summed E-state index contributed by atoms with van der Waals surface area (Å²) in [4.78, 5) is 27.8. The van der Waals surface area contributed by atoms with Gasteiger partial charge < -0.3 is 19.7 Å². The minimum atomic E-state index is -3.65. The molecule has 1 aliphatic heterocycles. The van der Waals surface area contributed by atoms with Crippen LogP contribution in [-0.4, -0.2) is 52.1 Å². The Labute approximate surface area is 229 Å². The topological polar surface area (TPSA) is 114 Å². The zero-order chi connectivity index (χ0) is 28.0. The van der Waals surface area contributed by atoms with Crippen LogP contribution in [-0.2, 0) is 26.0 Å². The third-order valence-electron chi connectivity index (χ3n) is 6.12. The summed E-state index contributed by atoms with van der Waals surface area (Å²) in [5.74, 6) is 0.166. The lowest BCUT2D eigenvalue weighted by Crippen LogP contribution is -2.52. The highest BCUT2D eigenvalue weighted by molar-refractivity contribution is 7.89. The minimum Gasteiger partial charge on any atom is -0.483 e. The van der Waals surface area contributed by atoms with Crippen LogP contribution in [0.25, 0.3) is 0 Å². The third-order valence-corrected chi connectivity index (χ3v) is 7.78. The Balaban J connectivity index is 1.41. The maximum absolute atomic E-state index is 13.3. The van der Waals surface area contributed by atoms with Gasteiger partial charge in [-0.3, -0.25) is 9.59 Å². The molecule has 4 rings (SSSR count). The first kappa shape index (κ1) is 28.1. The number of nitrogens with zero attached hydrogens (tertiary/aromatic N) is 1. The molecule has 0 spiro atoms. The van der Waals surface area contributed by atoms with Crippen molar-refractivity contribution in [2.24, 2.45) is 0 Å². The van der Waals surface area contributed by atoms with Crippen LogP contribution in [0.3, 0.4) is 0 Å². The van der Waals surface area contributed by atoms with E-state index >= 15 is 0 Å². The SMILES string of the molecule is Cc1cc(S(=O)(=O)NC(C)C)ccc1OCC(=O)N1C[C@@H](C(=O)NCCc2ccccc2)Oc2ccccc21. The number of anilines is 1. The Kier molecular flexibility index (Phi) is 8.88. The fraction of sp³-hybridized carbons (Fsp3) is 0.310. The average Bonchev–Trinajstić information content (AvgIpc) is 2.91. The molecule has 39 heavy (non-hydrogen) atoms. The largest absolute Gasteiger partial charge is 0.483 e. The van der Waals surface area contributed by atoms with Crippen molar-refractivity contribution < 1.29 is 27.5 Å². The third kappa shape index (κ3) is 7.15. The van der Waals surface area contributed by atoms with E-state index in [1.165, 1.54) is 23.1 Å².